The molecule has 13 heteroatoms. The highest BCUT2D eigenvalue weighted by Crippen LogP contribution is 2.17. The number of halogens is 4. The third-order valence-electron chi connectivity index (χ3n) is 5.05. The van der Waals surface area contributed by atoms with E-state index in [9.17, 15) is 36.7 Å². The maximum Gasteiger partial charge on any atom is 0.407 e. The molecule has 0 bridgehead atoms. The lowest BCUT2D eigenvalue weighted by atomic mass is 10.0. The third kappa shape index (κ3) is 12.2. The lowest BCUT2D eigenvalue weighted by Gasteiger charge is -2.25. The van der Waals surface area contributed by atoms with E-state index in [4.69, 9.17) is 4.74 Å². The minimum atomic E-state index is -2.19. The van der Waals surface area contributed by atoms with E-state index in [0.717, 1.165) is 13.8 Å². The van der Waals surface area contributed by atoms with Gasteiger partial charge in [-0.05, 0) is 59.1 Å². The smallest absolute Gasteiger partial charge is 0.407 e. The van der Waals surface area contributed by atoms with Gasteiger partial charge in [0.05, 0.1) is 7.11 Å². The highest BCUT2D eigenvalue weighted by molar-refractivity contribution is 5.84. The van der Waals surface area contributed by atoms with E-state index in [1.807, 2.05) is 0 Å². The maximum absolute atomic E-state index is 14.3. The molecule has 0 aliphatic heterocycles. The number of carbonyl (C=O) groups excluding carboxylic acids is 4. The van der Waals surface area contributed by atoms with Crippen LogP contribution >= 0.6 is 0 Å². The molecule has 0 aliphatic rings. The average molecular weight is 550 g/mol. The number of nitrogens with one attached hydrogen (secondary N) is 3. The molecule has 9 nitrogen and oxygen atoms in total. The van der Waals surface area contributed by atoms with Gasteiger partial charge < -0.3 is 25.4 Å². The second-order valence-corrected chi connectivity index (χ2v) is 10.2. The number of amides is 3. The maximum atomic E-state index is 14.3. The summed E-state index contributed by atoms with van der Waals surface area (Å²) in [5, 5.41) is 7.33. The molecule has 0 aromatic heterocycles. The summed E-state index contributed by atoms with van der Waals surface area (Å²) in [7, 11) is 1.17. The first-order valence-corrected chi connectivity index (χ1v) is 11.9. The Morgan fingerprint density at radius 1 is 0.921 bits per heavy atom. The van der Waals surface area contributed by atoms with E-state index >= 15 is 0 Å². The van der Waals surface area contributed by atoms with Crippen LogP contribution in [0.3, 0.4) is 0 Å². The minimum absolute atomic E-state index is 0.0212. The molecule has 0 saturated heterocycles. The van der Waals surface area contributed by atoms with Gasteiger partial charge in [-0.3, -0.25) is 14.4 Å². The van der Waals surface area contributed by atoms with Crippen LogP contribution in [0.2, 0.25) is 0 Å². The average Bonchev–Trinajstić information content (AvgIpc) is 2.76. The highest BCUT2D eigenvalue weighted by Gasteiger charge is 2.28. The number of hydrogen-bond donors (Lipinski definition) is 3. The van der Waals surface area contributed by atoms with Crippen molar-refractivity contribution in [3.8, 4) is 0 Å². The molecule has 2 atom stereocenters. The molecule has 38 heavy (non-hydrogen) atoms. The fourth-order valence-electron chi connectivity index (χ4n) is 3.19. The van der Waals surface area contributed by atoms with Crippen molar-refractivity contribution in [3.63, 3.8) is 0 Å². The van der Waals surface area contributed by atoms with Gasteiger partial charge in [0.15, 0.2) is 17.3 Å². The summed E-state index contributed by atoms with van der Waals surface area (Å²) in [6, 6.07) is -0.979. The normalized spacial score (nSPS) is 13.2. The Bertz CT molecular complexity index is 1010. The Kier molecular flexibility index (Phi) is 12.0. The van der Waals surface area contributed by atoms with Crippen LogP contribution in [-0.4, -0.2) is 60.9 Å². The van der Waals surface area contributed by atoms with Gasteiger partial charge in [-0.25, -0.2) is 22.4 Å². The van der Waals surface area contributed by atoms with Gasteiger partial charge in [0, 0.05) is 37.5 Å². The first kappa shape index (κ1) is 32.6. The second kappa shape index (κ2) is 14.0. The number of ether oxygens (including phenoxy) is 2. The summed E-state index contributed by atoms with van der Waals surface area (Å²) < 4.78 is 64.9. The van der Waals surface area contributed by atoms with Crippen LogP contribution < -0.4 is 16.0 Å². The lowest BCUT2D eigenvalue weighted by Crippen LogP contribution is -2.49. The molecule has 0 unspecified atom stereocenters. The molecule has 0 fully saturated rings. The summed E-state index contributed by atoms with van der Waals surface area (Å²) >= 11 is 0. The monoisotopic (exact) mass is 549 g/mol. The summed E-state index contributed by atoms with van der Waals surface area (Å²) in [5.41, 5.74) is -3.38. The SMILES string of the molecule is COC(=O)CC[C@@H](CNC(=O)C(C)(C)F)NC(=O)C[C@@H](Cc1cc(F)c(F)cc1F)NC(=O)OC(C)(C)C. The van der Waals surface area contributed by atoms with Crippen LogP contribution in [-0.2, 0) is 30.3 Å². The zero-order valence-electron chi connectivity index (χ0n) is 22.3. The second-order valence-electron chi connectivity index (χ2n) is 10.2. The van der Waals surface area contributed by atoms with Gasteiger partial charge in [0.2, 0.25) is 5.91 Å². The molecule has 0 spiro atoms. The predicted molar refractivity (Wildman–Crippen MR) is 129 cm³/mol. The number of benzene rings is 1. The van der Waals surface area contributed by atoms with Gasteiger partial charge in [-0.2, -0.15) is 0 Å². The van der Waals surface area contributed by atoms with Crippen molar-refractivity contribution in [1.82, 2.24) is 16.0 Å². The van der Waals surface area contributed by atoms with Crippen molar-refractivity contribution in [3.05, 3.63) is 35.1 Å². The van der Waals surface area contributed by atoms with Crippen LogP contribution in [0.25, 0.3) is 0 Å². The molecule has 214 valence electrons. The summed E-state index contributed by atoms with van der Waals surface area (Å²) in [5.74, 6) is -6.00. The van der Waals surface area contributed by atoms with E-state index in [-0.39, 0.29) is 24.9 Å². The third-order valence-corrected chi connectivity index (χ3v) is 5.05. The van der Waals surface area contributed by atoms with Gasteiger partial charge in [0.25, 0.3) is 5.91 Å². The number of carbonyl (C=O) groups is 4. The molecule has 3 amide bonds. The largest absolute Gasteiger partial charge is 0.469 e. The van der Waals surface area contributed by atoms with Gasteiger partial charge >= 0.3 is 12.1 Å². The number of rotatable bonds is 12. The molecule has 1 aromatic rings. The highest BCUT2D eigenvalue weighted by atomic mass is 19.2. The fraction of sp³-hybridized carbons (Fsp3) is 0.600. The molecular weight excluding hydrogens is 514 g/mol. The van der Waals surface area contributed by atoms with E-state index in [2.05, 4.69) is 20.7 Å². The molecule has 1 rings (SSSR count). The van der Waals surface area contributed by atoms with Gasteiger partial charge in [-0.15, -0.1) is 0 Å². The quantitative estimate of drug-likeness (QED) is 0.209. The number of hydrogen-bond acceptors (Lipinski definition) is 6. The Morgan fingerprint density at radius 3 is 2.08 bits per heavy atom. The summed E-state index contributed by atoms with van der Waals surface area (Å²) in [6.45, 7) is 6.67. The van der Waals surface area contributed by atoms with Crippen LogP contribution in [0.5, 0.6) is 0 Å². The Labute approximate surface area is 219 Å². The first-order valence-electron chi connectivity index (χ1n) is 11.9. The summed E-state index contributed by atoms with van der Waals surface area (Å²) in [6.07, 6.45) is -1.90. The lowest BCUT2D eigenvalue weighted by molar-refractivity contribution is -0.141. The van der Waals surface area contributed by atoms with E-state index < -0.39 is 77.5 Å². The Morgan fingerprint density at radius 2 is 1.53 bits per heavy atom. The Hall–Kier alpha value is -3.38. The number of methoxy groups -OCH3 is 1. The Balaban J connectivity index is 3.05. The zero-order valence-corrected chi connectivity index (χ0v) is 22.3. The molecule has 0 heterocycles. The molecule has 0 radical (unpaired) electrons. The topological polar surface area (TPSA) is 123 Å². The fourth-order valence-corrected chi connectivity index (χ4v) is 3.19. The molecule has 3 N–H and O–H groups in total. The van der Waals surface area contributed by atoms with Crippen molar-refractivity contribution in [2.24, 2.45) is 0 Å². The van der Waals surface area contributed by atoms with Gasteiger partial charge in [-0.1, -0.05) is 0 Å². The van der Waals surface area contributed by atoms with Crippen LogP contribution in [0.4, 0.5) is 22.4 Å². The van der Waals surface area contributed by atoms with Crippen molar-refractivity contribution in [1.29, 1.82) is 0 Å². The van der Waals surface area contributed by atoms with Crippen LogP contribution in [0.15, 0.2) is 12.1 Å². The van der Waals surface area contributed by atoms with Crippen molar-refractivity contribution >= 4 is 23.9 Å². The van der Waals surface area contributed by atoms with Crippen molar-refractivity contribution in [2.75, 3.05) is 13.7 Å². The molecule has 0 aliphatic carbocycles. The van der Waals surface area contributed by atoms with Crippen LogP contribution in [0, 0.1) is 17.5 Å². The van der Waals surface area contributed by atoms with E-state index in [0.29, 0.717) is 12.1 Å². The zero-order chi connectivity index (χ0) is 29.3. The van der Waals surface area contributed by atoms with Crippen molar-refractivity contribution in [2.45, 2.75) is 83.7 Å². The first-order chi connectivity index (χ1) is 17.4. The van der Waals surface area contributed by atoms with E-state index in [1.165, 1.54) is 7.11 Å². The van der Waals surface area contributed by atoms with Gasteiger partial charge in [0.1, 0.15) is 11.4 Å². The van der Waals surface area contributed by atoms with E-state index in [1.54, 1.807) is 20.8 Å². The predicted octanol–water partition coefficient (Wildman–Crippen LogP) is 3.23. The molecule has 0 saturated carbocycles. The number of alkyl halides is 1. The van der Waals surface area contributed by atoms with Crippen LogP contribution in [0.1, 0.15) is 59.4 Å². The summed E-state index contributed by atoms with van der Waals surface area (Å²) in [4.78, 5) is 48.6. The number of alkyl carbamates (subject to hydrolysis) is 1. The standard InChI is InChI=1S/C25H35F4N3O6/c1-24(2,3)38-23(36)32-16(9-14-10-18(27)19(28)12-17(14)26)11-20(33)31-15(7-8-21(34)37-6)13-30-22(35)25(4,5)29/h10,12,15-16H,7-9,11,13H2,1-6H3,(H,30,35)(H,31,33)(H,32,36)/t15-,16+/m0/s1. The number of esters is 1. The minimum Gasteiger partial charge on any atom is -0.469 e. The molecular formula is C25H35F4N3O6. The molecule has 1 aromatic carbocycles. The van der Waals surface area contributed by atoms with Crippen molar-refractivity contribution < 1.29 is 46.2 Å².